The van der Waals surface area contributed by atoms with Crippen LogP contribution in [0.25, 0.3) is 27.7 Å². The third-order valence-corrected chi connectivity index (χ3v) is 6.41. The van der Waals surface area contributed by atoms with Crippen LogP contribution in [0, 0.1) is 0 Å². The van der Waals surface area contributed by atoms with E-state index < -0.39 is 23.8 Å². The van der Waals surface area contributed by atoms with Crippen LogP contribution in [0.5, 0.6) is 17.4 Å². The Hall–Kier alpha value is -4.74. The van der Waals surface area contributed by atoms with Gasteiger partial charge in [-0.15, -0.1) is 10.2 Å². The zero-order chi connectivity index (χ0) is 29.5. The summed E-state index contributed by atoms with van der Waals surface area (Å²) >= 11 is 12.2. The third-order valence-electron chi connectivity index (χ3n) is 5.97. The number of phenols is 1. The maximum Gasteiger partial charge on any atom is 0.511 e. The van der Waals surface area contributed by atoms with Gasteiger partial charge in [-0.2, -0.15) is 13.2 Å². The van der Waals surface area contributed by atoms with Crippen molar-refractivity contribution in [3.05, 3.63) is 94.5 Å². The van der Waals surface area contributed by atoms with E-state index in [2.05, 4.69) is 15.0 Å². The fraction of sp³-hybridized carbons (Fsp3) is 0.0357. The van der Waals surface area contributed by atoms with E-state index in [0.29, 0.717) is 5.56 Å². The first-order valence-corrected chi connectivity index (χ1v) is 12.3. The molecule has 0 aliphatic carbocycles. The van der Waals surface area contributed by atoms with Gasteiger partial charge in [-0.25, -0.2) is 4.79 Å². The predicted molar refractivity (Wildman–Crippen MR) is 146 cm³/mol. The molecule has 5 aromatic rings. The van der Waals surface area contributed by atoms with Crippen LogP contribution in [-0.2, 0) is 6.18 Å². The van der Waals surface area contributed by atoms with Crippen molar-refractivity contribution >= 4 is 51.6 Å². The van der Waals surface area contributed by atoms with Crippen molar-refractivity contribution in [1.82, 2.24) is 4.57 Å². The van der Waals surface area contributed by atoms with Gasteiger partial charge in [-0.1, -0.05) is 47.5 Å². The van der Waals surface area contributed by atoms with E-state index in [1.54, 1.807) is 18.2 Å². The van der Waals surface area contributed by atoms with Crippen LogP contribution in [0.1, 0.15) is 5.56 Å². The standard InChI is InChI=1S/C28H16Cl2F3N3O5/c29-16-11-17(30)13-18(12-16)36-23-10-15(28(31,32)33)7-8-21(23)24(26(36)38)35-34-22-6-2-5-20(25(22)37)14-3-1-4-19(9-14)41-27(39)40/h1-13,37-38H,(H,39,40). The molecule has 0 bridgehead atoms. The number of halogens is 5. The lowest BCUT2D eigenvalue weighted by Gasteiger charge is -2.10. The molecule has 41 heavy (non-hydrogen) atoms. The highest BCUT2D eigenvalue weighted by Crippen LogP contribution is 2.45. The molecule has 0 fully saturated rings. The van der Waals surface area contributed by atoms with Gasteiger partial charge in [0.05, 0.1) is 16.8 Å². The number of para-hydroxylation sites is 1. The Morgan fingerprint density at radius 1 is 0.878 bits per heavy atom. The minimum atomic E-state index is -4.66. The van der Waals surface area contributed by atoms with E-state index >= 15 is 0 Å². The SMILES string of the molecule is O=C(O)Oc1cccc(-c2cccc(N=Nc3c(O)n(-c4cc(Cl)cc(Cl)c4)c4cc(C(F)(F)F)ccc34)c2O)c1. The van der Waals surface area contributed by atoms with E-state index in [4.69, 9.17) is 28.3 Å². The van der Waals surface area contributed by atoms with Gasteiger partial charge >= 0.3 is 12.3 Å². The van der Waals surface area contributed by atoms with Crippen LogP contribution in [-0.4, -0.2) is 26.0 Å². The molecule has 0 saturated carbocycles. The average molecular weight is 602 g/mol. The minimum absolute atomic E-state index is 0.0264. The first kappa shape index (κ1) is 27.8. The summed E-state index contributed by atoms with van der Waals surface area (Å²) in [7, 11) is 0. The molecule has 3 N–H and O–H groups in total. The molecule has 0 aliphatic rings. The van der Waals surface area contributed by atoms with Crippen molar-refractivity contribution in [3.8, 4) is 34.2 Å². The maximum atomic E-state index is 13.5. The van der Waals surface area contributed by atoms with Gasteiger partial charge in [0.2, 0.25) is 5.88 Å². The molecule has 8 nitrogen and oxygen atoms in total. The van der Waals surface area contributed by atoms with Crippen LogP contribution in [0.4, 0.5) is 29.3 Å². The molecule has 0 spiro atoms. The number of aromatic hydroxyl groups is 2. The lowest BCUT2D eigenvalue weighted by Crippen LogP contribution is -2.05. The Kier molecular flexibility index (Phi) is 7.24. The van der Waals surface area contributed by atoms with E-state index in [1.807, 2.05) is 0 Å². The molecule has 5 rings (SSSR count). The van der Waals surface area contributed by atoms with Gasteiger partial charge in [0, 0.05) is 21.0 Å². The number of phenolic OH excluding ortho intramolecular Hbond substituents is 1. The predicted octanol–water partition coefficient (Wildman–Crippen LogP) is 9.51. The summed E-state index contributed by atoms with van der Waals surface area (Å²) in [6, 6.07) is 17.6. The molecule has 4 aromatic carbocycles. The van der Waals surface area contributed by atoms with E-state index in [0.717, 1.165) is 22.8 Å². The van der Waals surface area contributed by atoms with Crippen LogP contribution in [0.15, 0.2) is 89.1 Å². The molecule has 0 amide bonds. The number of aromatic nitrogens is 1. The summed E-state index contributed by atoms with van der Waals surface area (Å²) in [5.74, 6) is -0.845. The van der Waals surface area contributed by atoms with Gasteiger partial charge in [0.1, 0.15) is 11.4 Å². The number of benzene rings is 4. The quantitative estimate of drug-likeness (QED) is 0.105. The molecule has 13 heteroatoms. The Labute approximate surface area is 239 Å². The molecule has 1 aromatic heterocycles. The summed E-state index contributed by atoms with van der Waals surface area (Å²) in [6.07, 6.45) is -6.17. The number of fused-ring (bicyclic) bond motifs is 1. The van der Waals surface area contributed by atoms with Crippen LogP contribution in [0.2, 0.25) is 10.0 Å². The average Bonchev–Trinajstić information content (AvgIpc) is 3.17. The summed E-state index contributed by atoms with van der Waals surface area (Å²) in [5, 5.41) is 39.6. The van der Waals surface area contributed by atoms with E-state index in [9.17, 15) is 28.2 Å². The first-order chi connectivity index (χ1) is 19.4. The second-order valence-electron chi connectivity index (χ2n) is 8.63. The summed E-state index contributed by atoms with van der Waals surface area (Å²) in [6.45, 7) is 0. The zero-order valence-corrected chi connectivity index (χ0v) is 21.9. The molecule has 0 radical (unpaired) electrons. The zero-order valence-electron chi connectivity index (χ0n) is 20.4. The number of hydrogen-bond donors (Lipinski definition) is 3. The normalized spacial score (nSPS) is 11.8. The van der Waals surface area contributed by atoms with Crippen molar-refractivity contribution in [2.75, 3.05) is 0 Å². The molecule has 0 aliphatic heterocycles. The van der Waals surface area contributed by atoms with E-state index in [1.165, 1.54) is 42.5 Å². The van der Waals surface area contributed by atoms with Gasteiger partial charge in [0.15, 0.2) is 11.4 Å². The largest absolute Gasteiger partial charge is 0.511 e. The van der Waals surface area contributed by atoms with Crippen molar-refractivity contribution in [3.63, 3.8) is 0 Å². The Balaban J connectivity index is 1.63. The molecule has 0 unspecified atom stereocenters. The number of carbonyl (C=O) groups is 1. The second kappa shape index (κ2) is 10.7. The Morgan fingerprint density at radius 3 is 2.27 bits per heavy atom. The number of nitrogens with zero attached hydrogens (tertiary/aromatic N) is 3. The number of carboxylic acid groups (broad SMARTS) is 1. The highest BCUT2D eigenvalue weighted by atomic mass is 35.5. The van der Waals surface area contributed by atoms with Gasteiger partial charge in [-0.3, -0.25) is 4.57 Å². The van der Waals surface area contributed by atoms with Gasteiger partial charge in [0.25, 0.3) is 0 Å². The second-order valence-corrected chi connectivity index (χ2v) is 9.51. The van der Waals surface area contributed by atoms with Gasteiger partial charge < -0.3 is 20.1 Å². The molecular formula is C28H16Cl2F3N3O5. The Bertz CT molecular complexity index is 1830. The molecule has 208 valence electrons. The monoisotopic (exact) mass is 601 g/mol. The highest BCUT2D eigenvalue weighted by Gasteiger charge is 2.32. The van der Waals surface area contributed by atoms with Crippen molar-refractivity contribution in [2.24, 2.45) is 10.2 Å². The molecule has 1 heterocycles. The molecular weight excluding hydrogens is 586 g/mol. The first-order valence-electron chi connectivity index (χ1n) is 11.6. The highest BCUT2D eigenvalue weighted by molar-refractivity contribution is 6.34. The fourth-order valence-corrected chi connectivity index (χ4v) is 4.75. The minimum Gasteiger partial charge on any atom is -0.505 e. The lowest BCUT2D eigenvalue weighted by atomic mass is 10.0. The summed E-state index contributed by atoms with van der Waals surface area (Å²) in [4.78, 5) is 10.9. The maximum absolute atomic E-state index is 13.5. The number of azo groups is 1. The molecule has 0 saturated heterocycles. The van der Waals surface area contributed by atoms with Crippen LogP contribution in [0.3, 0.4) is 0 Å². The van der Waals surface area contributed by atoms with Crippen molar-refractivity contribution in [2.45, 2.75) is 6.18 Å². The smallest absolute Gasteiger partial charge is 0.505 e. The number of rotatable bonds is 5. The number of ether oxygens (including phenoxy) is 1. The Morgan fingerprint density at radius 2 is 1.59 bits per heavy atom. The van der Waals surface area contributed by atoms with Crippen LogP contribution < -0.4 is 4.74 Å². The van der Waals surface area contributed by atoms with Gasteiger partial charge in [-0.05, 0) is 60.2 Å². The fourth-order valence-electron chi connectivity index (χ4n) is 4.24. The van der Waals surface area contributed by atoms with E-state index in [-0.39, 0.29) is 55.1 Å². The number of hydrogen-bond acceptors (Lipinski definition) is 6. The third kappa shape index (κ3) is 5.63. The lowest BCUT2D eigenvalue weighted by molar-refractivity contribution is -0.137. The van der Waals surface area contributed by atoms with Crippen molar-refractivity contribution < 1.29 is 38.0 Å². The van der Waals surface area contributed by atoms with Crippen LogP contribution >= 0.6 is 23.2 Å². The number of alkyl halides is 3. The van der Waals surface area contributed by atoms with Crippen molar-refractivity contribution in [1.29, 1.82) is 0 Å². The molecule has 0 atom stereocenters. The topological polar surface area (TPSA) is 117 Å². The summed E-state index contributed by atoms with van der Waals surface area (Å²) in [5.41, 5.74) is -0.351. The summed E-state index contributed by atoms with van der Waals surface area (Å²) < 4.78 is 46.4.